The lowest BCUT2D eigenvalue weighted by Gasteiger charge is -2.19. The lowest BCUT2D eigenvalue weighted by molar-refractivity contribution is 0.121. The summed E-state index contributed by atoms with van der Waals surface area (Å²) in [6.07, 6.45) is 1.32. The number of urea groups is 1. The number of benzene rings is 2. The smallest absolute Gasteiger partial charge is 0.323 e. The Morgan fingerprint density at radius 2 is 1.81 bits per heavy atom. The number of carbonyl (C=O) groups is 1. The molecule has 1 heterocycles. The molecule has 2 aromatic rings. The minimum atomic E-state index is -0.341. The van der Waals surface area contributed by atoms with Gasteiger partial charge < -0.3 is 29.7 Å². The molecule has 1 aliphatic heterocycles. The first kappa shape index (κ1) is 18.8. The molecule has 1 aliphatic rings. The van der Waals surface area contributed by atoms with Crippen molar-refractivity contribution in [2.24, 2.45) is 0 Å². The number of hydrogen-bond acceptors (Lipinski definition) is 5. The molecule has 0 aromatic heterocycles. The van der Waals surface area contributed by atoms with E-state index in [1.807, 2.05) is 24.3 Å². The van der Waals surface area contributed by atoms with E-state index in [-0.39, 0.29) is 12.1 Å². The number of nitrogens with one attached hydrogen (secondary N) is 2. The Labute approximate surface area is 159 Å². The molecule has 27 heavy (non-hydrogen) atoms. The summed E-state index contributed by atoms with van der Waals surface area (Å²) in [5.41, 5.74) is 2.40. The molecule has 0 spiro atoms. The van der Waals surface area contributed by atoms with Crippen molar-refractivity contribution in [1.82, 2.24) is 0 Å². The fourth-order valence-corrected chi connectivity index (χ4v) is 3.10. The molecule has 3 rings (SSSR count). The number of rotatable bonds is 6. The van der Waals surface area contributed by atoms with E-state index in [4.69, 9.17) is 14.2 Å². The van der Waals surface area contributed by atoms with Gasteiger partial charge in [-0.15, -0.1) is 0 Å². The molecular formula is C20H25N3O4. The van der Waals surface area contributed by atoms with Crippen molar-refractivity contribution in [1.29, 1.82) is 0 Å². The maximum atomic E-state index is 12.3. The summed E-state index contributed by atoms with van der Waals surface area (Å²) >= 11 is 0. The van der Waals surface area contributed by atoms with Gasteiger partial charge in [-0.1, -0.05) is 0 Å². The Morgan fingerprint density at radius 3 is 2.44 bits per heavy atom. The molecule has 1 fully saturated rings. The van der Waals surface area contributed by atoms with Crippen molar-refractivity contribution in [3.63, 3.8) is 0 Å². The van der Waals surface area contributed by atoms with E-state index in [0.29, 0.717) is 22.9 Å². The van der Waals surface area contributed by atoms with Gasteiger partial charge in [0.1, 0.15) is 11.5 Å². The maximum absolute atomic E-state index is 12.3. The molecule has 7 heteroatoms. The van der Waals surface area contributed by atoms with Crippen LogP contribution in [0.4, 0.5) is 21.9 Å². The second-order valence-corrected chi connectivity index (χ2v) is 6.28. The molecule has 2 amide bonds. The molecule has 2 N–H and O–H groups in total. The Balaban J connectivity index is 1.60. The van der Waals surface area contributed by atoms with Crippen molar-refractivity contribution < 1.29 is 19.0 Å². The summed E-state index contributed by atoms with van der Waals surface area (Å²) in [6, 6.07) is 12.7. The second-order valence-electron chi connectivity index (χ2n) is 6.28. The zero-order valence-electron chi connectivity index (χ0n) is 15.8. The van der Waals surface area contributed by atoms with Crippen LogP contribution in [0.3, 0.4) is 0 Å². The van der Waals surface area contributed by atoms with Crippen molar-refractivity contribution in [2.45, 2.75) is 12.5 Å². The molecule has 144 valence electrons. The molecule has 2 aromatic carbocycles. The largest absolute Gasteiger partial charge is 0.497 e. The average Bonchev–Trinajstić information content (AvgIpc) is 3.18. The summed E-state index contributed by atoms with van der Waals surface area (Å²) < 4.78 is 15.9. The first-order valence-corrected chi connectivity index (χ1v) is 8.80. The standard InChI is InChI=1S/C20H25N3O4/c1-25-16-8-9-18(19(12-16)27-3)22-20(24)21-14-4-6-15(7-5-14)23-11-10-17(13-23)26-2/h4-9,12,17H,10-11,13H2,1-3H3,(H2,21,22,24). The lowest BCUT2D eigenvalue weighted by Crippen LogP contribution is -2.22. The van der Waals surface area contributed by atoms with Gasteiger partial charge in [-0.25, -0.2) is 4.79 Å². The number of anilines is 3. The SMILES string of the molecule is COc1ccc(NC(=O)Nc2ccc(N3CCC(OC)C3)cc2)c(OC)c1. The van der Waals surface area contributed by atoms with Crippen LogP contribution in [0.1, 0.15) is 6.42 Å². The fraction of sp³-hybridized carbons (Fsp3) is 0.350. The van der Waals surface area contributed by atoms with E-state index in [0.717, 1.165) is 25.2 Å². The summed E-state index contributed by atoms with van der Waals surface area (Å²) in [4.78, 5) is 14.6. The minimum absolute atomic E-state index is 0.285. The van der Waals surface area contributed by atoms with Crippen molar-refractivity contribution in [2.75, 3.05) is 50.0 Å². The Bertz CT molecular complexity index is 779. The third-order valence-electron chi connectivity index (χ3n) is 4.63. The van der Waals surface area contributed by atoms with Crippen molar-refractivity contribution >= 4 is 23.1 Å². The molecule has 1 saturated heterocycles. The van der Waals surface area contributed by atoms with Crippen LogP contribution in [0.5, 0.6) is 11.5 Å². The van der Waals surface area contributed by atoms with Crippen LogP contribution in [-0.2, 0) is 4.74 Å². The van der Waals surface area contributed by atoms with Gasteiger partial charge in [0.05, 0.1) is 26.0 Å². The predicted octanol–water partition coefficient (Wildman–Crippen LogP) is 3.57. The predicted molar refractivity (Wildman–Crippen MR) is 106 cm³/mol. The molecule has 0 saturated carbocycles. The number of hydrogen-bond donors (Lipinski definition) is 2. The van der Waals surface area contributed by atoms with E-state index in [2.05, 4.69) is 15.5 Å². The van der Waals surface area contributed by atoms with E-state index in [1.54, 1.807) is 39.5 Å². The molecule has 1 atom stereocenters. The average molecular weight is 371 g/mol. The molecule has 0 bridgehead atoms. The normalized spacial score (nSPS) is 16.1. The van der Waals surface area contributed by atoms with Gasteiger partial charge in [-0.3, -0.25) is 0 Å². The first-order valence-electron chi connectivity index (χ1n) is 8.80. The van der Waals surface area contributed by atoms with Crippen LogP contribution >= 0.6 is 0 Å². The maximum Gasteiger partial charge on any atom is 0.323 e. The van der Waals surface area contributed by atoms with Gasteiger partial charge in [0.25, 0.3) is 0 Å². The van der Waals surface area contributed by atoms with Gasteiger partial charge in [0, 0.05) is 37.6 Å². The molecule has 0 aliphatic carbocycles. The fourth-order valence-electron chi connectivity index (χ4n) is 3.10. The Hall–Kier alpha value is -2.93. The van der Waals surface area contributed by atoms with Crippen LogP contribution in [-0.4, -0.2) is 46.6 Å². The van der Waals surface area contributed by atoms with Crippen LogP contribution in [0, 0.1) is 0 Å². The molecule has 0 radical (unpaired) electrons. The van der Waals surface area contributed by atoms with Gasteiger partial charge in [0.15, 0.2) is 0 Å². The monoisotopic (exact) mass is 371 g/mol. The van der Waals surface area contributed by atoms with Gasteiger partial charge in [0.2, 0.25) is 0 Å². The van der Waals surface area contributed by atoms with Crippen LogP contribution in [0.25, 0.3) is 0 Å². The number of ether oxygens (including phenoxy) is 3. The summed E-state index contributed by atoms with van der Waals surface area (Å²) in [5, 5.41) is 5.61. The third kappa shape index (κ3) is 4.62. The van der Waals surface area contributed by atoms with Crippen LogP contribution in [0.15, 0.2) is 42.5 Å². The van der Waals surface area contributed by atoms with Gasteiger partial charge in [-0.05, 0) is 42.8 Å². The highest BCUT2D eigenvalue weighted by atomic mass is 16.5. The number of amides is 2. The summed E-state index contributed by atoms with van der Waals surface area (Å²) in [5.74, 6) is 1.19. The number of carbonyl (C=O) groups excluding carboxylic acids is 1. The number of methoxy groups -OCH3 is 3. The molecule has 7 nitrogen and oxygen atoms in total. The van der Waals surface area contributed by atoms with Gasteiger partial charge in [-0.2, -0.15) is 0 Å². The summed E-state index contributed by atoms with van der Waals surface area (Å²) in [7, 11) is 4.87. The Kier molecular flexibility index (Phi) is 6.03. The third-order valence-corrected chi connectivity index (χ3v) is 4.63. The van der Waals surface area contributed by atoms with Crippen molar-refractivity contribution in [3.8, 4) is 11.5 Å². The van der Waals surface area contributed by atoms with E-state index >= 15 is 0 Å². The topological polar surface area (TPSA) is 72.1 Å². The zero-order chi connectivity index (χ0) is 19.2. The van der Waals surface area contributed by atoms with E-state index in [1.165, 1.54) is 0 Å². The highest BCUT2D eigenvalue weighted by Gasteiger charge is 2.22. The van der Waals surface area contributed by atoms with Crippen molar-refractivity contribution in [3.05, 3.63) is 42.5 Å². The molecule has 1 unspecified atom stereocenters. The van der Waals surface area contributed by atoms with E-state index < -0.39 is 0 Å². The highest BCUT2D eigenvalue weighted by Crippen LogP contribution is 2.29. The molecular weight excluding hydrogens is 346 g/mol. The van der Waals surface area contributed by atoms with E-state index in [9.17, 15) is 4.79 Å². The number of nitrogens with zero attached hydrogens (tertiary/aromatic N) is 1. The van der Waals surface area contributed by atoms with Gasteiger partial charge >= 0.3 is 6.03 Å². The lowest BCUT2D eigenvalue weighted by atomic mass is 10.2. The Morgan fingerprint density at radius 1 is 1.04 bits per heavy atom. The summed E-state index contributed by atoms with van der Waals surface area (Å²) in [6.45, 7) is 1.87. The first-order chi connectivity index (χ1) is 13.1. The highest BCUT2D eigenvalue weighted by molar-refractivity contribution is 6.00. The minimum Gasteiger partial charge on any atom is -0.497 e. The van der Waals surface area contributed by atoms with Crippen LogP contribution in [0.2, 0.25) is 0 Å². The quantitative estimate of drug-likeness (QED) is 0.812. The van der Waals surface area contributed by atoms with Crippen LogP contribution < -0.4 is 25.0 Å². The zero-order valence-corrected chi connectivity index (χ0v) is 15.8. The second kappa shape index (κ2) is 8.64.